The van der Waals surface area contributed by atoms with Crippen LogP contribution in [-0.4, -0.2) is 36.5 Å². The molecule has 3 atom stereocenters. The summed E-state index contributed by atoms with van der Waals surface area (Å²) in [6.45, 7) is 2.29. The number of fused-ring (bicyclic) bond motifs is 1. The smallest absolute Gasteiger partial charge is 0.220 e. The van der Waals surface area contributed by atoms with E-state index in [1.165, 1.54) is 6.07 Å². The van der Waals surface area contributed by atoms with Crippen LogP contribution in [0.4, 0.5) is 4.39 Å². The number of likely N-dealkylation sites (tertiary alicyclic amines) is 1. The summed E-state index contributed by atoms with van der Waals surface area (Å²) in [4.78, 5) is 13.8. The minimum Gasteiger partial charge on any atom is -0.353 e. The van der Waals surface area contributed by atoms with E-state index in [-0.39, 0.29) is 17.8 Å². The third-order valence-electron chi connectivity index (χ3n) is 4.75. The van der Waals surface area contributed by atoms with Gasteiger partial charge in [-0.1, -0.05) is 12.1 Å². The Hall–Kier alpha value is -1.46. The van der Waals surface area contributed by atoms with Gasteiger partial charge < -0.3 is 11.1 Å². The van der Waals surface area contributed by atoms with Crippen molar-refractivity contribution >= 4 is 5.91 Å². The van der Waals surface area contributed by atoms with Gasteiger partial charge in [0.1, 0.15) is 5.82 Å². The first-order chi connectivity index (χ1) is 10.2. The van der Waals surface area contributed by atoms with E-state index in [9.17, 15) is 9.18 Å². The van der Waals surface area contributed by atoms with Gasteiger partial charge in [0.05, 0.1) is 0 Å². The van der Waals surface area contributed by atoms with E-state index >= 15 is 0 Å². The first-order valence-electron chi connectivity index (χ1n) is 7.66. The number of carbonyl (C=O) groups excluding carboxylic acids is 1. The number of hydrogen-bond acceptors (Lipinski definition) is 3. The van der Waals surface area contributed by atoms with Crippen LogP contribution >= 0.6 is 0 Å². The Labute approximate surface area is 124 Å². The first-order valence-corrected chi connectivity index (χ1v) is 7.66. The number of piperidine rings is 2. The van der Waals surface area contributed by atoms with Crippen LogP contribution in [0, 0.1) is 11.7 Å². The van der Waals surface area contributed by atoms with Crippen molar-refractivity contribution in [2.24, 2.45) is 11.7 Å². The van der Waals surface area contributed by atoms with Gasteiger partial charge in [0.15, 0.2) is 0 Å². The molecule has 0 aliphatic carbocycles. The summed E-state index contributed by atoms with van der Waals surface area (Å²) in [5.41, 5.74) is 6.88. The fourth-order valence-electron chi connectivity index (χ4n) is 3.63. The predicted molar refractivity (Wildman–Crippen MR) is 79.0 cm³/mol. The zero-order valence-corrected chi connectivity index (χ0v) is 12.1. The zero-order valence-electron chi connectivity index (χ0n) is 12.1. The molecule has 0 aromatic heterocycles. The van der Waals surface area contributed by atoms with Gasteiger partial charge in [-0.3, -0.25) is 9.69 Å². The molecule has 0 saturated carbocycles. The highest BCUT2D eigenvalue weighted by Gasteiger charge is 2.35. The van der Waals surface area contributed by atoms with Crippen LogP contribution in [0.25, 0.3) is 0 Å². The fraction of sp³-hybridized carbons (Fsp3) is 0.562. The zero-order chi connectivity index (χ0) is 14.8. The second kappa shape index (κ2) is 6.12. The number of carbonyl (C=O) groups is 1. The van der Waals surface area contributed by atoms with Crippen molar-refractivity contribution in [3.05, 3.63) is 35.6 Å². The second-order valence-electron chi connectivity index (χ2n) is 6.06. The van der Waals surface area contributed by atoms with Crippen LogP contribution in [-0.2, 0) is 4.79 Å². The highest BCUT2D eigenvalue weighted by molar-refractivity contribution is 5.77. The van der Waals surface area contributed by atoms with Crippen molar-refractivity contribution in [1.29, 1.82) is 0 Å². The van der Waals surface area contributed by atoms with E-state index in [2.05, 4.69) is 10.2 Å². The van der Waals surface area contributed by atoms with Crippen LogP contribution in [0.15, 0.2) is 24.3 Å². The number of nitrogens with zero attached hydrogens (tertiary/aromatic N) is 1. The van der Waals surface area contributed by atoms with Gasteiger partial charge in [0.2, 0.25) is 5.91 Å². The topological polar surface area (TPSA) is 58.4 Å². The summed E-state index contributed by atoms with van der Waals surface area (Å²) in [6.07, 6.45) is 2.50. The van der Waals surface area contributed by atoms with E-state index in [4.69, 9.17) is 5.73 Å². The Morgan fingerprint density at radius 2 is 2.29 bits per heavy atom. The minimum atomic E-state index is -0.217. The van der Waals surface area contributed by atoms with Gasteiger partial charge in [-0.25, -0.2) is 4.39 Å². The molecule has 0 bridgehead atoms. The SMILES string of the molecule is NCC(c1cccc(F)c1)N1CCC2NC(=O)CCC2C1. The molecule has 1 aromatic rings. The number of rotatable bonds is 3. The van der Waals surface area contributed by atoms with Crippen molar-refractivity contribution in [2.45, 2.75) is 31.3 Å². The Morgan fingerprint density at radius 3 is 3.05 bits per heavy atom. The summed E-state index contributed by atoms with van der Waals surface area (Å²) < 4.78 is 13.4. The Morgan fingerprint density at radius 1 is 1.43 bits per heavy atom. The molecular formula is C16H22FN3O. The molecule has 3 rings (SSSR count). The molecule has 3 unspecified atom stereocenters. The highest BCUT2D eigenvalue weighted by Crippen LogP contribution is 2.30. The number of benzene rings is 1. The standard InChI is InChI=1S/C16H22FN3O/c17-13-3-1-2-11(8-13)15(9-18)20-7-6-14-12(10-20)4-5-16(21)19-14/h1-3,8,12,14-15H,4-7,9-10,18H2,(H,19,21). The molecule has 2 heterocycles. The van der Waals surface area contributed by atoms with Crippen molar-refractivity contribution in [1.82, 2.24) is 10.2 Å². The van der Waals surface area contributed by atoms with Crippen LogP contribution in [0.5, 0.6) is 0 Å². The number of nitrogens with one attached hydrogen (secondary N) is 1. The van der Waals surface area contributed by atoms with Crippen molar-refractivity contribution < 1.29 is 9.18 Å². The summed E-state index contributed by atoms with van der Waals surface area (Å²) in [6, 6.07) is 7.07. The number of halogens is 1. The van der Waals surface area contributed by atoms with Crippen molar-refractivity contribution in [3.8, 4) is 0 Å². The molecule has 2 fully saturated rings. The average molecular weight is 291 g/mol. The Bertz CT molecular complexity index is 522. The average Bonchev–Trinajstić information content (AvgIpc) is 2.48. The van der Waals surface area contributed by atoms with Gasteiger partial charge in [-0.15, -0.1) is 0 Å². The lowest BCUT2D eigenvalue weighted by molar-refractivity contribution is -0.125. The summed E-state index contributed by atoms with van der Waals surface area (Å²) >= 11 is 0. The van der Waals surface area contributed by atoms with Crippen LogP contribution in [0.2, 0.25) is 0 Å². The van der Waals surface area contributed by atoms with Gasteiger partial charge >= 0.3 is 0 Å². The highest BCUT2D eigenvalue weighted by atomic mass is 19.1. The second-order valence-corrected chi connectivity index (χ2v) is 6.06. The Kier molecular flexibility index (Phi) is 4.22. The molecule has 1 aromatic carbocycles. The third-order valence-corrected chi connectivity index (χ3v) is 4.75. The maximum absolute atomic E-state index is 13.4. The fourth-order valence-corrected chi connectivity index (χ4v) is 3.63. The largest absolute Gasteiger partial charge is 0.353 e. The minimum absolute atomic E-state index is 0.0549. The maximum Gasteiger partial charge on any atom is 0.220 e. The van der Waals surface area contributed by atoms with Gasteiger partial charge in [-0.05, 0) is 36.5 Å². The van der Waals surface area contributed by atoms with E-state index in [1.807, 2.05) is 6.07 Å². The van der Waals surface area contributed by atoms with Crippen molar-refractivity contribution in [3.63, 3.8) is 0 Å². The molecule has 2 aliphatic rings. The quantitative estimate of drug-likeness (QED) is 0.885. The van der Waals surface area contributed by atoms with E-state index < -0.39 is 0 Å². The van der Waals surface area contributed by atoms with Crippen LogP contribution in [0.3, 0.4) is 0 Å². The van der Waals surface area contributed by atoms with E-state index in [1.54, 1.807) is 12.1 Å². The third kappa shape index (κ3) is 3.09. The molecule has 1 amide bonds. The summed E-state index contributed by atoms with van der Waals surface area (Å²) in [5.74, 6) is 0.440. The molecule has 0 radical (unpaired) electrons. The molecule has 2 aliphatic heterocycles. The van der Waals surface area contributed by atoms with E-state index in [0.29, 0.717) is 24.9 Å². The lowest BCUT2D eigenvalue weighted by Crippen LogP contribution is -2.55. The van der Waals surface area contributed by atoms with Crippen LogP contribution < -0.4 is 11.1 Å². The molecule has 4 nitrogen and oxygen atoms in total. The number of hydrogen-bond donors (Lipinski definition) is 2. The lowest BCUT2D eigenvalue weighted by Gasteiger charge is -2.44. The summed E-state index contributed by atoms with van der Waals surface area (Å²) in [7, 11) is 0. The molecule has 5 heteroatoms. The maximum atomic E-state index is 13.4. The van der Waals surface area contributed by atoms with E-state index in [0.717, 1.165) is 31.5 Å². The molecule has 114 valence electrons. The normalized spacial score (nSPS) is 27.8. The Balaban J connectivity index is 1.72. The van der Waals surface area contributed by atoms with Crippen molar-refractivity contribution in [2.75, 3.05) is 19.6 Å². The number of amides is 1. The predicted octanol–water partition coefficient (Wildman–Crippen LogP) is 1.43. The molecule has 2 saturated heterocycles. The van der Waals surface area contributed by atoms with Gasteiger partial charge in [0.25, 0.3) is 0 Å². The monoisotopic (exact) mass is 291 g/mol. The molecule has 21 heavy (non-hydrogen) atoms. The van der Waals surface area contributed by atoms with Gasteiger partial charge in [0, 0.05) is 38.1 Å². The van der Waals surface area contributed by atoms with Crippen LogP contribution in [0.1, 0.15) is 30.9 Å². The lowest BCUT2D eigenvalue weighted by atomic mass is 9.84. The van der Waals surface area contributed by atoms with Gasteiger partial charge in [-0.2, -0.15) is 0 Å². The molecule has 0 spiro atoms. The molecular weight excluding hydrogens is 269 g/mol. The summed E-state index contributed by atoms with van der Waals surface area (Å²) in [5, 5.41) is 3.09. The molecule has 3 N–H and O–H groups in total. The number of nitrogens with two attached hydrogens (primary N) is 1. The first kappa shape index (κ1) is 14.5.